The van der Waals surface area contributed by atoms with Gasteiger partial charge in [0.25, 0.3) is 0 Å². The second-order valence-electron chi connectivity index (χ2n) is 13.8. The van der Waals surface area contributed by atoms with Gasteiger partial charge in [0.1, 0.15) is 0 Å². The number of hydrogen-bond donors (Lipinski definition) is 0. The molecule has 0 heterocycles. The molecular weight excluding hydrogens is 576 g/mol. The zero-order valence-electron chi connectivity index (χ0n) is 25.5. The number of hydrogen-bond acceptors (Lipinski definition) is 0. The summed E-state index contributed by atoms with van der Waals surface area (Å²) in [5, 5.41) is 0. The molecule has 2 aliphatic carbocycles. The van der Waals surface area contributed by atoms with Gasteiger partial charge in [0.15, 0.2) is 0 Å². The fourth-order valence-corrected chi connectivity index (χ4v) is 39.3. The van der Waals surface area contributed by atoms with Crippen molar-refractivity contribution in [3.8, 4) is 22.3 Å². The second kappa shape index (κ2) is 9.78. The summed E-state index contributed by atoms with van der Waals surface area (Å²) in [6, 6.07) is 32.1. The van der Waals surface area contributed by atoms with Crippen molar-refractivity contribution in [2.24, 2.45) is 0 Å². The van der Waals surface area contributed by atoms with Crippen LogP contribution < -0.4 is 0 Å². The third-order valence-electron chi connectivity index (χ3n) is 11.1. The second-order valence-corrected chi connectivity index (χ2v) is 51.6. The average Bonchev–Trinajstić information content (AvgIpc) is 3.46. The Morgan fingerprint density at radius 1 is 0.500 bits per heavy atom. The van der Waals surface area contributed by atoms with E-state index in [0.717, 1.165) is 0 Å². The minimum atomic E-state index is -3.61. The number of fused-ring (bicyclic) bond motifs is 2. The quantitative estimate of drug-likeness (QED) is 0.195. The van der Waals surface area contributed by atoms with Gasteiger partial charge in [-0.05, 0) is 0 Å². The van der Waals surface area contributed by atoms with Crippen LogP contribution in [0.15, 0.2) is 96.1 Å². The van der Waals surface area contributed by atoms with Crippen LogP contribution in [0, 0.1) is 13.8 Å². The van der Waals surface area contributed by atoms with Crippen molar-refractivity contribution in [3.05, 3.63) is 129 Å². The molecule has 4 aromatic carbocycles. The van der Waals surface area contributed by atoms with Gasteiger partial charge in [0.05, 0.1) is 0 Å². The predicted octanol–water partition coefficient (Wildman–Crippen LogP) is 11.0. The molecule has 2 unspecified atom stereocenters. The van der Waals surface area contributed by atoms with Crippen molar-refractivity contribution in [2.45, 2.75) is 57.3 Å². The first kappa shape index (κ1) is 27.6. The maximum absolute atomic E-state index is 3.61. The first-order valence-electron chi connectivity index (χ1n) is 15.0. The Hall–Kier alpha value is -2.54. The molecule has 0 saturated carbocycles. The topological polar surface area (TPSA) is 0 Å². The third-order valence-corrected chi connectivity index (χ3v) is 58.2. The van der Waals surface area contributed by atoms with E-state index in [9.17, 15) is 0 Å². The van der Waals surface area contributed by atoms with Crippen molar-refractivity contribution >= 4 is 18.1 Å². The predicted molar refractivity (Wildman–Crippen MR) is 177 cm³/mol. The summed E-state index contributed by atoms with van der Waals surface area (Å²) in [6.45, 7) is 14.7. The molecule has 0 aliphatic heterocycles. The van der Waals surface area contributed by atoms with Crippen LogP contribution in [0.25, 0.3) is 34.4 Å². The zero-order chi connectivity index (χ0) is 28.4. The van der Waals surface area contributed by atoms with Crippen molar-refractivity contribution in [3.63, 3.8) is 0 Å². The molecule has 203 valence electrons. The summed E-state index contributed by atoms with van der Waals surface area (Å²) in [7, 11) is 0. The van der Waals surface area contributed by atoms with Gasteiger partial charge in [-0.3, -0.25) is 0 Å². The summed E-state index contributed by atoms with van der Waals surface area (Å²) in [4.78, 5) is 0. The molecular formula is C38H43SiZr. The van der Waals surface area contributed by atoms with Gasteiger partial charge in [-0.2, -0.15) is 0 Å². The van der Waals surface area contributed by atoms with E-state index in [1.165, 1.54) is 44.5 Å². The summed E-state index contributed by atoms with van der Waals surface area (Å²) < 4.78 is 6.86. The van der Waals surface area contributed by atoms with Crippen LogP contribution in [0.4, 0.5) is 0 Å². The van der Waals surface area contributed by atoms with E-state index in [4.69, 9.17) is 0 Å². The van der Waals surface area contributed by atoms with Gasteiger partial charge in [0.2, 0.25) is 0 Å². The molecule has 2 heteroatoms. The van der Waals surface area contributed by atoms with E-state index in [0.29, 0.717) is 7.25 Å². The third kappa shape index (κ3) is 3.93. The number of benzene rings is 4. The minimum absolute atomic E-state index is 0.577. The first-order valence-corrected chi connectivity index (χ1v) is 29.9. The Kier molecular flexibility index (Phi) is 6.75. The molecule has 4 aromatic rings. The van der Waals surface area contributed by atoms with E-state index in [2.05, 4.69) is 147 Å². The fourth-order valence-electron chi connectivity index (χ4n) is 8.58. The molecule has 2 atom stereocenters. The molecule has 6 rings (SSSR count). The van der Waals surface area contributed by atoms with Crippen LogP contribution in [-0.4, -0.2) is 5.92 Å². The molecule has 0 aromatic heterocycles. The van der Waals surface area contributed by atoms with Gasteiger partial charge >= 0.3 is 245 Å². The van der Waals surface area contributed by atoms with Gasteiger partial charge in [-0.15, -0.1) is 0 Å². The molecule has 0 spiro atoms. The Bertz CT molecular complexity index is 1600. The van der Waals surface area contributed by atoms with Crippen LogP contribution in [0.5, 0.6) is 0 Å². The molecule has 40 heavy (non-hydrogen) atoms. The Morgan fingerprint density at radius 2 is 0.875 bits per heavy atom. The van der Waals surface area contributed by atoms with E-state index in [1.54, 1.807) is 22.3 Å². The SMILES string of the molecule is CC1=Cc2c(-c3ccccc3C)cccc2[CH]1[Zr]([CH3])([CH3])([CH]1C(C)=Cc2c(-c3ccccc3C)cccc21)[SiH](C)C. The van der Waals surface area contributed by atoms with Crippen molar-refractivity contribution in [1.29, 1.82) is 0 Å². The summed E-state index contributed by atoms with van der Waals surface area (Å²) >= 11 is -3.61. The standard InChI is InChI=1S/2C17H15.C2H7Si.2CH3.Zr/c2*1-12-10-14-7-5-9-16(17(14)11-12)15-8-4-3-6-13(15)2;1-3-2;;;/h2*3-11H,1-2H3;3H,1-2H3;2*1H3;. The average molecular weight is 619 g/mol. The Morgan fingerprint density at radius 3 is 1.25 bits per heavy atom. The molecule has 2 aliphatic rings. The van der Waals surface area contributed by atoms with Gasteiger partial charge < -0.3 is 0 Å². The maximum atomic E-state index is 2.85. The van der Waals surface area contributed by atoms with Gasteiger partial charge in [-0.1, -0.05) is 0 Å². The Balaban J connectivity index is 1.56. The number of allylic oxidation sites excluding steroid dienone is 2. The van der Waals surface area contributed by atoms with Crippen molar-refractivity contribution in [2.75, 3.05) is 0 Å². The van der Waals surface area contributed by atoms with Gasteiger partial charge in [-0.25, -0.2) is 0 Å². The Labute approximate surface area is 243 Å². The van der Waals surface area contributed by atoms with Crippen LogP contribution in [-0.2, 0) is 17.9 Å². The molecule has 0 fully saturated rings. The normalized spacial score (nSPS) is 19.1. The van der Waals surface area contributed by atoms with Gasteiger partial charge in [0, 0.05) is 0 Å². The van der Waals surface area contributed by atoms with E-state index < -0.39 is 23.9 Å². The summed E-state index contributed by atoms with van der Waals surface area (Å²) in [5.74, 6) is -1.09. The van der Waals surface area contributed by atoms with E-state index >= 15 is 0 Å². The van der Waals surface area contributed by atoms with Crippen LogP contribution in [0.2, 0.25) is 22.4 Å². The molecule has 0 radical (unpaired) electrons. The molecule has 0 saturated heterocycles. The number of rotatable bonds is 5. The fraction of sp³-hybridized carbons (Fsp3) is 0.263. The van der Waals surface area contributed by atoms with Crippen LogP contribution >= 0.6 is 0 Å². The van der Waals surface area contributed by atoms with Crippen molar-refractivity contribution in [1.82, 2.24) is 0 Å². The van der Waals surface area contributed by atoms with Crippen molar-refractivity contribution < 1.29 is 17.9 Å². The van der Waals surface area contributed by atoms with E-state index in [1.807, 2.05) is 0 Å². The molecule has 0 N–H and O–H groups in total. The summed E-state index contributed by atoms with van der Waals surface area (Å²) in [5.41, 5.74) is 17.6. The van der Waals surface area contributed by atoms with Crippen LogP contribution in [0.3, 0.4) is 0 Å². The molecule has 0 bridgehead atoms. The molecule has 0 amide bonds. The first-order chi connectivity index (χ1) is 19.0. The van der Waals surface area contributed by atoms with E-state index in [-0.39, 0.29) is 0 Å². The number of aryl methyl sites for hydroxylation is 2. The monoisotopic (exact) mass is 617 g/mol. The zero-order valence-corrected chi connectivity index (χ0v) is 29.1. The molecule has 0 nitrogen and oxygen atoms in total. The van der Waals surface area contributed by atoms with Crippen LogP contribution in [0.1, 0.15) is 54.5 Å². The summed E-state index contributed by atoms with van der Waals surface area (Å²) in [6.07, 6.45) is 5.13.